The van der Waals surface area contributed by atoms with Crippen molar-refractivity contribution >= 4 is 5.91 Å². The lowest BCUT2D eigenvalue weighted by atomic mass is 9.93. The molecule has 142 valence electrons. The Morgan fingerprint density at radius 3 is 2.46 bits per heavy atom. The predicted molar refractivity (Wildman–Crippen MR) is 99.9 cm³/mol. The summed E-state index contributed by atoms with van der Waals surface area (Å²) in [6.07, 6.45) is 4.28. The van der Waals surface area contributed by atoms with Crippen LogP contribution in [0.3, 0.4) is 0 Å². The van der Waals surface area contributed by atoms with E-state index in [9.17, 15) is 4.79 Å². The molecule has 0 bridgehead atoms. The van der Waals surface area contributed by atoms with Crippen LogP contribution in [0.25, 0.3) is 0 Å². The number of morpholine rings is 1. The third-order valence-electron chi connectivity index (χ3n) is 5.98. The van der Waals surface area contributed by atoms with Crippen LogP contribution in [-0.4, -0.2) is 67.8 Å². The van der Waals surface area contributed by atoms with E-state index in [-0.39, 0.29) is 24.0 Å². The fourth-order valence-corrected chi connectivity index (χ4v) is 4.58. The molecule has 0 N–H and O–H groups in total. The lowest BCUT2D eigenvalue weighted by Crippen LogP contribution is -2.53. The molecule has 2 atom stereocenters. The van der Waals surface area contributed by atoms with Crippen LogP contribution >= 0.6 is 0 Å². The van der Waals surface area contributed by atoms with Gasteiger partial charge in [0.1, 0.15) is 0 Å². The second-order valence-corrected chi connectivity index (χ2v) is 7.69. The van der Waals surface area contributed by atoms with E-state index >= 15 is 0 Å². The Morgan fingerprint density at radius 2 is 1.73 bits per heavy atom. The first-order valence-corrected chi connectivity index (χ1v) is 10.1. The molecule has 3 saturated heterocycles. The number of amides is 1. The largest absolute Gasteiger partial charge is 0.381 e. The van der Waals surface area contributed by atoms with Crippen molar-refractivity contribution < 1.29 is 14.3 Å². The molecule has 0 aromatic heterocycles. The monoisotopic (exact) mass is 358 g/mol. The molecule has 5 nitrogen and oxygen atoms in total. The molecule has 3 aliphatic rings. The standard InChI is InChI=1S/C21H30N2O3/c24-21(18-8-13-25-14-9-18)23-12-15-26-19(16-22-10-4-5-11-22)20(23)17-6-2-1-3-7-17/h1-3,6-7,18-20H,4-5,8-16H2/t19-,20-/m0/s1. The van der Waals surface area contributed by atoms with Gasteiger partial charge in [-0.3, -0.25) is 4.79 Å². The number of benzene rings is 1. The maximum atomic E-state index is 13.3. The second kappa shape index (κ2) is 8.51. The van der Waals surface area contributed by atoms with Crippen LogP contribution < -0.4 is 0 Å². The van der Waals surface area contributed by atoms with Crippen molar-refractivity contribution in [2.45, 2.75) is 37.8 Å². The van der Waals surface area contributed by atoms with E-state index in [1.807, 2.05) is 6.07 Å². The average Bonchev–Trinajstić information content (AvgIpc) is 3.22. The molecule has 4 rings (SSSR count). The predicted octanol–water partition coefficient (Wildman–Crippen LogP) is 2.48. The first kappa shape index (κ1) is 18.0. The van der Waals surface area contributed by atoms with E-state index in [0.717, 1.165) is 32.5 Å². The zero-order valence-corrected chi connectivity index (χ0v) is 15.5. The minimum Gasteiger partial charge on any atom is -0.381 e. The molecule has 0 aliphatic carbocycles. The highest BCUT2D eigenvalue weighted by molar-refractivity contribution is 5.79. The Kier molecular flexibility index (Phi) is 5.88. The Balaban J connectivity index is 1.56. The molecule has 1 aromatic rings. The first-order valence-electron chi connectivity index (χ1n) is 10.1. The third-order valence-corrected chi connectivity index (χ3v) is 5.98. The fourth-order valence-electron chi connectivity index (χ4n) is 4.58. The quantitative estimate of drug-likeness (QED) is 0.829. The number of hydrogen-bond donors (Lipinski definition) is 0. The molecular formula is C21H30N2O3. The summed E-state index contributed by atoms with van der Waals surface area (Å²) < 4.78 is 11.7. The Labute approximate surface area is 156 Å². The van der Waals surface area contributed by atoms with E-state index in [1.165, 1.54) is 18.4 Å². The number of carbonyl (C=O) groups is 1. The van der Waals surface area contributed by atoms with Crippen molar-refractivity contribution in [1.29, 1.82) is 0 Å². The van der Waals surface area contributed by atoms with E-state index < -0.39 is 0 Å². The number of hydrogen-bond acceptors (Lipinski definition) is 4. The van der Waals surface area contributed by atoms with Gasteiger partial charge < -0.3 is 19.3 Å². The summed E-state index contributed by atoms with van der Waals surface area (Å²) >= 11 is 0. The van der Waals surface area contributed by atoms with E-state index in [0.29, 0.717) is 26.4 Å². The molecule has 0 spiro atoms. The molecule has 0 radical (unpaired) electrons. The number of nitrogens with zero attached hydrogens (tertiary/aromatic N) is 2. The highest BCUT2D eigenvalue weighted by Gasteiger charge is 2.39. The molecule has 3 aliphatic heterocycles. The minimum atomic E-state index is 0.0147. The Hall–Kier alpha value is -1.43. The highest BCUT2D eigenvalue weighted by atomic mass is 16.5. The smallest absolute Gasteiger partial charge is 0.226 e. The van der Waals surface area contributed by atoms with Crippen LogP contribution in [0.1, 0.15) is 37.3 Å². The van der Waals surface area contributed by atoms with Gasteiger partial charge in [0, 0.05) is 32.2 Å². The summed E-state index contributed by atoms with van der Waals surface area (Å²) in [5.74, 6) is 0.386. The van der Waals surface area contributed by atoms with Gasteiger partial charge in [-0.2, -0.15) is 0 Å². The highest BCUT2D eigenvalue weighted by Crippen LogP contribution is 2.33. The van der Waals surface area contributed by atoms with E-state index in [2.05, 4.69) is 34.1 Å². The van der Waals surface area contributed by atoms with Crippen molar-refractivity contribution in [1.82, 2.24) is 9.80 Å². The summed E-state index contributed by atoms with van der Waals surface area (Å²) in [5.41, 5.74) is 1.19. The van der Waals surface area contributed by atoms with Crippen molar-refractivity contribution in [3.05, 3.63) is 35.9 Å². The van der Waals surface area contributed by atoms with Crippen LogP contribution in [-0.2, 0) is 14.3 Å². The SMILES string of the molecule is O=C(C1CCOCC1)N1CCO[C@@H](CN2CCCC2)[C@@H]1c1ccccc1. The lowest BCUT2D eigenvalue weighted by molar-refractivity contribution is -0.155. The summed E-state index contributed by atoms with van der Waals surface area (Å²) in [4.78, 5) is 17.9. The van der Waals surface area contributed by atoms with Crippen molar-refractivity contribution in [2.24, 2.45) is 5.92 Å². The molecule has 3 heterocycles. The van der Waals surface area contributed by atoms with Crippen LogP contribution in [0.2, 0.25) is 0 Å². The minimum absolute atomic E-state index is 0.0147. The molecule has 26 heavy (non-hydrogen) atoms. The number of carbonyl (C=O) groups excluding carboxylic acids is 1. The summed E-state index contributed by atoms with van der Waals surface area (Å²) in [6, 6.07) is 10.5. The van der Waals surface area contributed by atoms with Crippen molar-refractivity contribution in [3.8, 4) is 0 Å². The van der Waals surface area contributed by atoms with Gasteiger partial charge in [0.05, 0.1) is 18.8 Å². The summed E-state index contributed by atoms with van der Waals surface area (Å²) in [7, 11) is 0. The summed E-state index contributed by atoms with van der Waals surface area (Å²) in [6.45, 7) is 5.94. The fraction of sp³-hybridized carbons (Fsp3) is 0.667. The molecule has 1 amide bonds. The topological polar surface area (TPSA) is 42.0 Å². The van der Waals surface area contributed by atoms with Crippen molar-refractivity contribution in [2.75, 3.05) is 46.0 Å². The van der Waals surface area contributed by atoms with Crippen LogP contribution in [0.4, 0.5) is 0 Å². The van der Waals surface area contributed by atoms with Crippen LogP contribution in [0.5, 0.6) is 0 Å². The van der Waals surface area contributed by atoms with Gasteiger partial charge >= 0.3 is 0 Å². The van der Waals surface area contributed by atoms with E-state index in [1.54, 1.807) is 0 Å². The van der Waals surface area contributed by atoms with Gasteiger partial charge in [-0.05, 0) is 44.3 Å². The van der Waals surface area contributed by atoms with Crippen LogP contribution in [0, 0.1) is 5.92 Å². The van der Waals surface area contributed by atoms with Crippen molar-refractivity contribution in [3.63, 3.8) is 0 Å². The number of rotatable bonds is 4. The number of ether oxygens (including phenoxy) is 2. The molecule has 0 unspecified atom stereocenters. The van der Waals surface area contributed by atoms with Gasteiger partial charge in [0.25, 0.3) is 0 Å². The molecule has 3 fully saturated rings. The Bertz CT molecular complexity index is 582. The van der Waals surface area contributed by atoms with Crippen LogP contribution in [0.15, 0.2) is 30.3 Å². The van der Waals surface area contributed by atoms with Gasteiger partial charge in [-0.1, -0.05) is 30.3 Å². The zero-order chi connectivity index (χ0) is 17.8. The second-order valence-electron chi connectivity index (χ2n) is 7.69. The lowest BCUT2D eigenvalue weighted by Gasteiger charge is -2.44. The first-order chi connectivity index (χ1) is 12.8. The number of likely N-dealkylation sites (tertiary alicyclic amines) is 1. The van der Waals surface area contributed by atoms with Gasteiger partial charge in [0.15, 0.2) is 0 Å². The zero-order valence-electron chi connectivity index (χ0n) is 15.5. The van der Waals surface area contributed by atoms with Gasteiger partial charge in [-0.25, -0.2) is 0 Å². The molecule has 5 heteroatoms. The van der Waals surface area contributed by atoms with E-state index in [4.69, 9.17) is 9.47 Å². The Morgan fingerprint density at radius 1 is 1.00 bits per heavy atom. The average molecular weight is 358 g/mol. The normalized spacial score (nSPS) is 28.4. The van der Waals surface area contributed by atoms with Gasteiger partial charge in [-0.15, -0.1) is 0 Å². The third kappa shape index (κ3) is 3.95. The molecule has 1 aromatic carbocycles. The molecular weight excluding hydrogens is 328 g/mol. The summed E-state index contributed by atoms with van der Waals surface area (Å²) in [5, 5.41) is 0. The molecule has 0 saturated carbocycles. The maximum Gasteiger partial charge on any atom is 0.226 e. The maximum absolute atomic E-state index is 13.3. The van der Waals surface area contributed by atoms with Gasteiger partial charge in [0.2, 0.25) is 5.91 Å².